The van der Waals surface area contributed by atoms with Gasteiger partial charge in [-0.05, 0) is 93.9 Å². The van der Waals surface area contributed by atoms with Gasteiger partial charge in [-0.2, -0.15) is 4.58 Å². The largest absolute Gasteiger partial charge is 0.871 e. The molecule has 0 atom stereocenters. The third kappa shape index (κ3) is 6.37. The van der Waals surface area contributed by atoms with Crippen molar-refractivity contribution in [2.45, 2.75) is 52.4 Å². The molecule has 10 heteroatoms. The van der Waals surface area contributed by atoms with Crippen LogP contribution in [0.2, 0.25) is 0 Å². The summed E-state index contributed by atoms with van der Waals surface area (Å²) in [7, 11) is 0. The number of aromatic nitrogens is 2. The minimum atomic E-state index is -0.738. The Bertz CT molecular complexity index is 3520. The fourth-order valence-corrected chi connectivity index (χ4v) is 10.9. The highest BCUT2D eigenvalue weighted by Crippen LogP contribution is 2.50. The second-order valence-corrected chi connectivity index (χ2v) is 18.7. The molecule has 0 spiro atoms. The van der Waals surface area contributed by atoms with Crippen molar-refractivity contribution in [2.24, 2.45) is 0 Å². The van der Waals surface area contributed by atoms with Gasteiger partial charge in [-0.1, -0.05) is 92.4 Å². The van der Waals surface area contributed by atoms with E-state index >= 15 is 0 Å². The van der Waals surface area contributed by atoms with E-state index in [-0.39, 0.29) is 37.4 Å². The number of fused-ring (bicyclic) bond motifs is 8. The highest BCUT2D eigenvalue weighted by molar-refractivity contribution is 6.24. The lowest BCUT2D eigenvalue weighted by Crippen LogP contribution is -2.36. The number of anilines is 1. The van der Waals surface area contributed by atoms with Gasteiger partial charge in [0, 0.05) is 78.6 Å². The molecular formula is C58H50N4O6. The van der Waals surface area contributed by atoms with E-state index in [0.717, 1.165) is 77.5 Å². The number of Topliss-reactive ketones (excluding diaryl/α,β-unsaturated/α-hetero) is 1. The van der Waals surface area contributed by atoms with Gasteiger partial charge < -0.3 is 28.6 Å². The lowest BCUT2D eigenvalue weighted by molar-refractivity contribution is -0.428. The van der Waals surface area contributed by atoms with Gasteiger partial charge in [-0.25, -0.2) is 4.79 Å². The minimum absolute atomic E-state index is 0.0307. The molecule has 0 unspecified atom stereocenters. The van der Waals surface area contributed by atoms with Crippen LogP contribution in [0.5, 0.6) is 0 Å². The maximum absolute atomic E-state index is 14.5. The van der Waals surface area contributed by atoms with Crippen LogP contribution < -0.4 is 10.0 Å². The summed E-state index contributed by atoms with van der Waals surface area (Å²) in [5, 5.41) is 19.1. The quantitative estimate of drug-likeness (QED) is 0.0764. The van der Waals surface area contributed by atoms with Gasteiger partial charge in [0.15, 0.2) is 11.5 Å². The number of esters is 2. The smallest absolute Gasteiger partial charge is 0.372 e. The fraction of sp³-hybridized carbons (Fsp3) is 0.207. The van der Waals surface area contributed by atoms with Crippen LogP contribution in [-0.2, 0) is 34.7 Å². The van der Waals surface area contributed by atoms with Crippen molar-refractivity contribution in [1.29, 1.82) is 0 Å². The monoisotopic (exact) mass is 898 g/mol. The number of allylic oxidation sites excluding steroid dienone is 5. The van der Waals surface area contributed by atoms with Crippen LogP contribution >= 0.6 is 0 Å². The summed E-state index contributed by atoms with van der Waals surface area (Å²) in [4.78, 5) is 42.9. The average Bonchev–Trinajstić information content (AvgIpc) is 3.98. The van der Waals surface area contributed by atoms with E-state index in [0.29, 0.717) is 11.4 Å². The second kappa shape index (κ2) is 15.8. The molecule has 0 fully saturated rings. The number of ether oxygens (including phenoxy) is 2. The minimum Gasteiger partial charge on any atom is -0.871 e. The number of benzene rings is 6. The van der Waals surface area contributed by atoms with Crippen LogP contribution in [-0.4, -0.2) is 63.4 Å². The molecular weight excluding hydrogens is 849 g/mol. The maximum atomic E-state index is 14.5. The number of carbonyl (C=O) groups excluding carboxylic acids is 3. The molecule has 1 aliphatic carbocycles. The van der Waals surface area contributed by atoms with Crippen molar-refractivity contribution in [1.82, 2.24) is 9.13 Å². The number of para-hydroxylation sites is 4. The van der Waals surface area contributed by atoms with Crippen LogP contribution in [0.1, 0.15) is 52.7 Å². The van der Waals surface area contributed by atoms with Crippen molar-refractivity contribution in [2.75, 3.05) is 31.2 Å². The van der Waals surface area contributed by atoms with Gasteiger partial charge >= 0.3 is 11.9 Å². The molecule has 0 saturated heterocycles. The Hall–Kier alpha value is -7.98. The predicted molar refractivity (Wildman–Crippen MR) is 266 cm³/mol. The standard InChI is InChI=1S/C58H50N4O6/c1-7-67-53(63)33-59-49-27-25-35(61-45-21-13-9-17-37(45)38-18-10-14-22-46(38)61)29-43(49)57(3,4)51(59)31-41-55(65)42(56(41)66)32-52-58(5,6)44-30-36(26-28-50(44)60(52)34-54(64)68-8-2)62-47-23-15-11-19-39(47)40-20-12-16-24-48(40)62/h9-32H,7-8,33-34H2,1-6H3. The molecule has 0 saturated carbocycles. The van der Waals surface area contributed by atoms with E-state index in [1.165, 1.54) is 0 Å². The van der Waals surface area contributed by atoms with Gasteiger partial charge in [0.1, 0.15) is 6.54 Å². The number of nitrogens with zero attached hydrogens (tertiary/aromatic N) is 4. The first-order chi connectivity index (χ1) is 32.8. The van der Waals surface area contributed by atoms with Crippen molar-refractivity contribution in [3.8, 4) is 11.4 Å². The number of rotatable bonds is 10. The van der Waals surface area contributed by atoms with Gasteiger partial charge in [0.2, 0.25) is 12.2 Å². The molecule has 0 bridgehead atoms. The van der Waals surface area contributed by atoms with Crippen molar-refractivity contribution < 1.29 is 33.5 Å². The van der Waals surface area contributed by atoms with E-state index in [9.17, 15) is 19.5 Å². The third-order valence-corrected chi connectivity index (χ3v) is 14.2. The van der Waals surface area contributed by atoms with Gasteiger partial charge in [0.25, 0.3) is 0 Å². The van der Waals surface area contributed by atoms with Crippen LogP contribution in [0, 0.1) is 0 Å². The topological polar surface area (TPSA) is 109 Å². The summed E-state index contributed by atoms with van der Waals surface area (Å²) >= 11 is 0. The number of hydrogen-bond acceptors (Lipinski definition) is 7. The van der Waals surface area contributed by atoms with E-state index in [4.69, 9.17) is 9.47 Å². The molecule has 2 aromatic heterocycles. The summed E-state index contributed by atoms with van der Waals surface area (Å²) in [5.41, 5.74) is 9.52. The first-order valence-electron chi connectivity index (χ1n) is 23.2. The summed E-state index contributed by atoms with van der Waals surface area (Å²) in [6, 6.07) is 45.8. The van der Waals surface area contributed by atoms with E-state index in [1.54, 1.807) is 26.0 Å². The SMILES string of the molecule is CCOC(=O)CN1/C(=C/C2=C([O-])C(=C/C3=[N+](CC(=O)OCC)c4ccc(-n5c6ccccc6c6ccccc65)cc4C3(C)C)/C2=O)C(C)(C)c2cc(-n3c4ccccc4c4ccccc43)ccc21. The number of hydrogen-bond donors (Lipinski definition) is 0. The summed E-state index contributed by atoms with van der Waals surface area (Å²) in [6.45, 7) is 12.0. The molecule has 2 aliphatic heterocycles. The van der Waals surface area contributed by atoms with Crippen LogP contribution in [0.15, 0.2) is 168 Å². The fourth-order valence-electron chi connectivity index (χ4n) is 10.9. The highest BCUT2D eigenvalue weighted by atomic mass is 16.5. The zero-order valence-corrected chi connectivity index (χ0v) is 38.9. The van der Waals surface area contributed by atoms with E-state index in [2.05, 4.69) is 110 Å². The highest BCUT2D eigenvalue weighted by Gasteiger charge is 2.48. The predicted octanol–water partition coefficient (Wildman–Crippen LogP) is 10.2. The Balaban J connectivity index is 1.00. The summed E-state index contributed by atoms with van der Waals surface area (Å²) < 4.78 is 17.3. The second-order valence-electron chi connectivity index (χ2n) is 18.7. The Kier molecular flexibility index (Phi) is 9.93. The Labute approximate surface area is 393 Å². The molecule has 8 aromatic rings. The maximum Gasteiger partial charge on any atom is 0.372 e. The molecule has 0 radical (unpaired) electrons. The zero-order valence-electron chi connectivity index (χ0n) is 38.9. The summed E-state index contributed by atoms with van der Waals surface area (Å²) in [6.07, 6.45) is 3.32. The molecule has 11 rings (SSSR count). The van der Waals surface area contributed by atoms with Crippen LogP contribution in [0.3, 0.4) is 0 Å². The number of carbonyl (C=O) groups is 3. The van der Waals surface area contributed by atoms with Crippen molar-refractivity contribution in [3.63, 3.8) is 0 Å². The van der Waals surface area contributed by atoms with E-state index < -0.39 is 34.3 Å². The normalized spacial score (nSPS) is 17.3. The molecule has 3 aliphatic rings. The van der Waals surface area contributed by atoms with Gasteiger partial charge in [-0.3, -0.25) is 9.59 Å². The van der Waals surface area contributed by atoms with Crippen LogP contribution in [0.4, 0.5) is 11.4 Å². The Morgan fingerprint density at radius 3 is 1.62 bits per heavy atom. The average molecular weight is 899 g/mol. The molecule has 4 heterocycles. The molecule has 0 N–H and O–H groups in total. The van der Waals surface area contributed by atoms with Gasteiger partial charge in [-0.15, -0.1) is 0 Å². The van der Waals surface area contributed by atoms with Crippen LogP contribution in [0.25, 0.3) is 55.0 Å². The molecule has 338 valence electrons. The summed E-state index contributed by atoms with van der Waals surface area (Å²) in [5.74, 6) is -1.66. The van der Waals surface area contributed by atoms with Gasteiger partial charge in [0.05, 0.1) is 40.7 Å². The first-order valence-corrected chi connectivity index (χ1v) is 23.2. The van der Waals surface area contributed by atoms with E-state index in [1.807, 2.05) is 70.1 Å². The lowest BCUT2D eigenvalue weighted by Gasteiger charge is -2.32. The zero-order chi connectivity index (χ0) is 47.2. The molecule has 68 heavy (non-hydrogen) atoms. The van der Waals surface area contributed by atoms with Crippen molar-refractivity contribution >= 4 is 78.4 Å². The third-order valence-electron chi connectivity index (χ3n) is 14.2. The Morgan fingerprint density at radius 1 is 0.618 bits per heavy atom. The molecule has 10 nitrogen and oxygen atoms in total. The lowest BCUT2D eigenvalue weighted by atomic mass is 9.77. The van der Waals surface area contributed by atoms with Crippen molar-refractivity contribution in [3.05, 3.63) is 179 Å². The Morgan fingerprint density at radius 2 is 1.10 bits per heavy atom. The number of ketones is 1. The molecule has 6 aromatic carbocycles. The molecule has 0 amide bonds. The first kappa shape index (κ1) is 42.6.